The van der Waals surface area contributed by atoms with E-state index in [1.165, 1.54) is 18.7 Å². The van der Waals surface area contributed by atoms with Crippen LogP contribution < -0.4 is 9.64 Å². The summed E-state index contributed by atoms with van der Waals surface area (Å²) >= 11 is 5.77. The van der Waals surface area contributed by atoms with E-state index in [0.29, 0.717) is 36.8 Å². The van der Waals surface area contributed by atoms with E-state index in [0.717, 1.165) is 0 Å². The van der Waals surface area contributed by atoms with Crippen molar-refractivity contribution < 1.29 is 13.5 Å². The van der Waals surface area contributed by atoms with Crippen LogP contribution in [0.5, 0.6) is 5.75 Å². The maximum atomic E-state index is 14.0. The molecule has 0 amide bonds. The Balaban J connectivity index is 2.07. The largest absolute Gasteiger partial charge is 0.489 e. The van der Waals surface area contributed by atoms with Gasteiger partial charge in [-0.1, -0.05) is 11.6 Å². The van der Waals surface area contributed by atoms with Gasteiger partial charge in [-0.3, -0.25) is 0 Å². The van der Waals surface area contributed by atoms with Gasteiger partial charge >= 0.3 is 0 Å². The van der Waals surface area contributed by atoms with E-state index in [1.54, 1.807) is 0 Å². The number of nitrogens with zero attached hydrogens (tertiary/aromatic N) is 3. The predicted molar refractivity (Wildman–Crippen MR) is 69.2 cm³/mol. The number of aromatic nitrogens is 1. The number of oxazole rings is 1. The van der Waals surface area contributed by atoms with E-state index >= 15 is 0 Å². The molecule has 0 bridgehead atoms. The molecule has 102 valence electrons. The van der Waals surface area contributed by atoms with Crippen LogP contribution >= 0.6 is 11.6 Å². The second-order valence-corrected chi connectivity index (χ2v) is 4.66. The van der Waals surface area contributed by atoms with Crippen molar-refractivity contribution in [2.45, 2.75) is 6.54 Å². The highest BCUT2D eigenvalue weighted by Gasteiger charge is 2.27. The summed E-state index contributed by atoms with van der Waals surface area (Å²) in [5.41, 5.74) is 0.983. The van der Waals surface area contributed by atoms with Gasteiger partial charge in [0.2, 0.25) is 0 Å². The van der Waals surface area contributed by atoms with Crippen molar-refractivity contribution >= 4 is 17.3 Å². The zero-order valence-corrected chi connectivity index (χ0v) is 11.0. The van der Waals surface area contributed by atoms with E-state index in [2.05, 4.69) is 4.98 Å². The molecule has 0 fully saturated rings. The Bertz CT molecular complexity index is 682. The summed E-state index contributed by atoms with van der Waals surface area (Å²) in [5.74, 6) is -0.328. The van der Waals surface area contributed by atoms with Crippen molar-refractivity contribution in [2.75, 3.05) is 18.1 Å². The number of rotatable bonds is 2. The SMILES string of the molecule is N#Cc1c(F)c(Cl)cc2c1N(Cc1cocn1)CCO2. The van der Waals surface area contributed by atoms with Gasteiger partial charge in [0.15, 0.2) is 12.2 Å². The lowest BCUT2D eigenvalue weighted by molar-refractivity contribution is 0.305. The highest BCUT2D eigenvalue weighted by molar-refractivity contribution is 6.31. The zero-order chi connectivity index (χ0) is 14.1. The second-order valence-electron chi connectivity index (χ2n) is 4.26. The van der Waals surface area contributed by atoms with Crippen LogP contribution in [0.1, 0.15) is 11.3 Å². The van der Waals surface area contributed by atoms with Crippen molar-refractivity contribution in [3.8, 4) is 11.8 Å². The molecule has 0 unspecified atom stereocenters. The third-order valence-corrected chi connectivity index (χ3v) is 3.32. The first-order chi connectivity index (χ1) is 9.70. The molecule has 1 aliphatic heterocycles. The van der Waals surface area contributed by atoms with E-state index in [-0.39, 0.29) is 10.6 Å². The topological polar surface area (TPSA) is 62.3 Å². The highest BCUT2D eigenvalue weighted by atomic mass is 35.5. The summed E-state index contributed by atoms with van der Waals surface area (Å²) in [5, 5.41) is 9.06. The highest BCUT2D eigenvalue weighted by Crippen LogP contribution is 2.40. The Morgan fingerprint density at radius 1 is 1.55 bits per heavy atom. The molecule has 0 spiro atoms. The summed E-state index contributed by atoms with van der Waals surface area (Å²) in [4.78, 5) is 5.85. The number of hydrogen-bond acceptors (Lipinski definition) is 5. The van der Waals surface area contributed by atoms with Gasteiger partial charge in [0.1, 0.15) is 35.9 Å². The number of halogens is 2. The molecule has 0 atom stereocenters. The Morgan fingerprint density at radius 3 is 3.10 bits per heavy atom. The van der Waals surface area contributed by atoms with E-state index in [4.69, 9.17) is 20.8 Å². The Labute approximate surface area is 119 Å². The van der Waals surface area contributed by atoms with Gasteiger partial charge in [0, 0.05) is 6.07 Å². The lowest BCUT2D eigenvalue weighted by Crippen LogP contribution is -2.33. The first kappa shape index (κ1) is 12.8. The number of benzene rings is 1. The van der Waals surface area contributed by atoms with Gasteiger partial charge in [-0.25, -0.2) is 9.37 Å². The van der Waals surface area contributed by atoms with E-state index in [1.807, 2.05) is 11.0 Å². The molecule has 0 saturated heterocycles. The average Bonchev–Trinajstić information content (AvgIpc) is 2.94. The molecular weight excluding hydrogens is 285 g/mol. The van der Waals surface area contributed by atoms with Gasteiger partial charge in [-0.05, 0) is 0 Å². The third-order valence-electron chi connectivity index (χ3n) is 3.04. The molecule has 1 aromatic heterocycles. The molecule has 1 aliphatic rings. The molecule has 1 aromatic carbocycles. The minimum Gasteiger partial charge on any atom is -0.489 e. The van der Waals surface area contributed by atoms with Crippen LogP contribution in [0.4, 0.5) is 10.1 Å². The maximum Gasteiger partial charge on any atom is 0.180 e. The van der Waals surface area contributed by atoms with Gasteiger partial charge in [-0.2, -0.15) is 5.26 Å². The van der Waals surface area contributed by atoms with Crippen LogP contribution in [0.2, 0.25) is 5.02 Å². The van der Waals surface area contributed by atoms with Crippen LogP contribution in [-0.4, -0.2) is 18.1 Å². The van der Waals surface area contributed by atoms with Gasteiger partial charge < -0.3 is 14.1 Å². The fourth-order valence-electron chi connectivity index (χ4n) is 2.17. The van der Waals surface area contributed by atoms with Crippen molar-refractivity contribution in [1.82, 2.24) is 4.98 Å². The van der Waals surface area contributed by atoms with Crippen molar-refractivity contribution in [2.24, 2.45) is 0 Å². The standard InChI is InChI=1S/C13H9ClFN3O2/c14-10-3-11-13(9(4-16)12(10)15)18(1-2-20-11)5-8-6-19-7-17-8/h3,6-7H,1-2,5H2. The summed E-state index contributed by atoms with van der Waals surface area (Å²) in [6.45, 7) is 1.36. The molecule has 0 N–H and O–H groups in total. The molecular formula is C13H9ClFN3O2. The number of hydrogen-bond donors (Lipinski definition) is 0. The fraction of sp³-hybridized carbons (Fsp3) is 0.231. The Morgan fingerprint density at radius 2 is 2.40 bits per heavy atom. The molecule has 2 aromatic rings. The van der Waals surface area contributed by atoms with Crippen molar-refractivity contribution in [1.29, 1.82) is 5.26 Å². The monoisotopic (exact) mass is 293 g/mol. The summed E-state index contributed by atoms with van der Waals surface area (Å²) < 4.78 is 24.3. The Kier molecular flexibility index (Phi) is 3.20. The third kappa shape index (κ3) is 2.06. The van der Waals surface area contributed by atoms with Crippen molar-refractivity contribution in [3.05, 3.63) is 40.8 Å². The lowest BCUT2D eigenvalue weighted by Gasteiger charge is -2.31. The second kappa shape index (κ2) is 5.02. The number of nitriles is 1. The fourth-order valence-corrected chi connectivity index (χ4v) is 2.36. The number of anilines is 1. The van der Waals surface area contributed by atoms with Crippen LogP contribution in [0.3, 0.4) is 0 Å². The maximum absolute atomic E-state index is 14.0. The summed E-state index contributed by atoms with van der Waals surface area (Å²) in [6.07, 6.45) is 2.83. The predicted octanol–water partition coefficient (Wildman–Crippen LogP) is 2.74. The van der Waals surface area contributed by atoms with Crippen LogP contribution in [0.15, 0.2) is 23.1 Å². The molecule has 20 heavy (non-hydrogen) atoms. The van der Waals surface area contributed by atoms with Gasteiger partial charge in [0.05, 0.1) is 23.8 Å². The average molecular weight is 294 g/mol. The van der Waals surface area contributed by atoms with E-state index < -0.39 is 5.82 Å². The normalized spacial score (nSPS) is 13.6. The van der Waals surface area contributed by atoms with Gasteiger partial charge in [-0.15, -0.1) is 0 Å². The number of fused-ring (bicyclic) bond motifs is 1. The summed E-state index contributed by atoms with van der Waals surface area (Å²) in [6, 6.07) is 3.24. The molecule has 5 nitrogen and oxygen atoms in total. The van der Waals surface area contributed by atoms with Crippen LogP contribution in [-0.2, 0) is 6.54 Å². The molecule has 2 heterocycles. The molecule has 0 saturated carbocycles. The van der Waals surface area contributed by atoms with E-state index in [9.17, 15) is 9.65 Å². The van der Waals surface area contributed by atoms with Gasteiger partial charge in [0.25, 0.3) is 0 Å². The lowest BCUT2D eigenvalue weighted by atomic mass is 10.1. The first-order valence-electron chi connectivity index (χ1n) is 5.87. The summed E-state index contributed by atoms with van der Waals surface area (Å²) in [7, 11) is 0. The smallest absolute Gasteiger partial charge is 0.180 e. The molecule has 7 heteroatoms. The zero-order valence-electron chi connectivity index (χ0n) is 10.3. The van der Waals surface area contributed by atoms with Crippen molar-refractivity contribution in [3.63, 3.8) is 0 Å². The van der Waals surface area contributed by atoms with Crippen LogP contribution in [0.25, 0.3) is 0 Å². The minimum absolute atomic E-state index is 0.115. The number of ether oxygens (including phenoxy) is 1. The minimum atomic E-state index is -0.733. The quantitative estimate of drug-likeness (QED) is 0.852. The molecule has 3 rings (SSSR count). The molecule has 0 radical (unpaired) electrons. The van der Waals surface area contributed by atoms with Crippen LogP contribution in [0, 0.1) is 17.1 Å². The Hall–Kier alpha value is -2.26. The first-order valence-corrected chi connectivity index (χ1v) is 6.25. The molecule has 0 aliphatic carbocycles.